The van der Waals surface area contributed by atoms with Gasteiger partial charge in [0.15, 0.2) is 0 Å². The van der Waals surface area contributed by atoms with Crippen LogP contribution in [0.25, 0.3) is 0 Å². The molecule has 1 spiro atoms. The molecule has 0 aromatic heterocycles. The van der Waals surface area contributed by atoms with Gasteiger partial charge in [-0.3, -0.25) is 34.4 Å². The van der Waals surface area contributed by atoms with Crippen molar-refractivity contribution in [3.63, 3.8) is 0 Å². The summed E-state index contributed by atoms with van der Waals surface area (Å²) in [6.45, 7) is 3.31. The highest BCUT2D eigenvalue weighted by Gasteiger charge is 2.61. The van der Waals surface area contributed by atoms with Crippen LogP contribution in [0.5, 0.6) is 0 Å². The van der Waals surface area contributed by atoms with E-state index in [4.69, 9.17) is 11.6 Å². The second-order valence-electron chi connectivity index (χ2n) is 9.41. The first-order chi connectivity index (χ1) is 18.4. The van der Waals surface area contributed by atoms with Crippen molar-refractivity contribution in [3.05, 3.63) is 93.5 Å². The number of nitro groups is 1. The van der Waals surface area contributed by atoms with E-state index >= 15 is 0 Å². The number of thioether (sulfide) groups is 1. The highest BCUT2D eigenvalue weighted by Crippen LogP contribution is 2.55. The van der Waals surface area contributed by atoms with Crippen LogP contribution >= 0.6 is 23.4 Å². The minimum absolute atomic E-state index is 0.0719. The maximum Gasteiger partial charge on any atom is 0.269 e. The molecular weight excluding hydrogens is 526 g/mol. The average Bonchev–Trinajstić information content (AvgIpc) is 3.40. The molecule has 3 aromatic rings. The van der Waals surface area contributed by atoms with Gasteiger partial charge in [0.25, 0.3) is 11.6 Å². The van der Waals surface area contributed by atoms with E-state index in [2.05, 4.69) is 9.80 Å². The van der Waals surface area contributed by atoms with E-state index in [9.17, 15) is 19.7 Å². The molecule has 2 saturated heterocycles. The smallest absolute Gasteiger partial charge is 0.269 e. The van der Waals surface area contributed by atoms with E-state index in [0.29, 0.717) is 17.4 Å². The second-order valence-corrected chi connectivity index (χ2v) is 11.0. The van der Waals surface area contributed by atoms with Gasteiger partial charge in [0.1, 0.15) is 0 Å². The number of halogens is 1. The van der Waals surface area contributed by atoms with Gasteiger partial charge < -0.3 is 4.90 Å². The molecule has 2 fully saturated rings. The van der Waals surface area contributed by atoms with Gasteiger partial charge in [0, 0.05) is 60.3 Å². The van der Waals surface area contributed by atoms with Crippen molar-refractivity contribution in [1.29, 1.82) is 0 Å². The van der Waals surface area contributed by atoms with Crippen LogP contribution in [0.3, 0.4) is 0 Å². The first kappa shape index (κ1) is 24.7. The number of benzene rings is 3. The lowest BCUT2D eigenvalue weighted by Crippen LogP contribution is -2.54. The minimum Gasteiger partial charge on any atom is -0.369 e. The lowest BCUT2D eigenvalue weighted by molar-refractivity contribution is -0.384. The van der Waals surface area contributed by atoms with Crippen molar-refractivity contribution in [3.8, 4) is 0 Å². The molecule has 9 nitrogen and oxygen atoms in total. The lowest BCUT2D eigenvalue weighted by atomic mass is 10.0. The van der Waals surface area contributed by atoms with Crippen LogP contribution in [0, 0.1) is 10.1 Å². The van der Waals surface area contributed by atoms with Crippen molar-refractivity contribution < 1.29 is 14.5 Å². The molecule has 1 atom stereocenters. The van der Waals surface area contributed by atoms with Crippen LogP contribution in [0.4, 0.5) is 22.7 Å². The number of hydrogen-bond donors (Lipinski definition) is 0. The van der Waals surface area contributed by atoms with E-state index in [-0.39, 0.29) is 23.3 Å². The molecule has 2 amide bonds. The Hall–Kier alpha value is -3.60. The van der Waals surface area contributed by atoms with Gasteiger partial charge >= 0.3 is 0 Å². The fraction of sp³-hybridized carbons (Fsp3) is 0.259. The maximum absolute atomic E-state index is 14.2. The van der Waals surface area contributed by atoms with Crippen LogP contribution in [0.1, 0.15) is 5.56 Å². The van der Waals surface area contributed by atoms with E-state index in [1.54, 1.807) is 40.1 Å². The number of non-ortho nitro benzene ring substituents is 1. The molecule has 3 aliphatic rings. The fourth-order valence-corrected chi connectivity index (χ4v) is 6.99. The summed E-state index contributed by atoms with van der Waals surface area (Å²) in [6, 6.07) is 21.4. The number of carbonyl (C=O) groups is 2. The van der Waals surface area contributed by atoms with Crippen LogP contribution in [-0.2, 0) is 14.5 Å². The molecule has 0 bridgehead atoms. The number of piperazine rings is 1. The molecule has 0 saturated carbocycles. The predicted octanol–water partition coefficient (Wildman–Crippen LogP) is 4.31. The zero-order valence-corrected chi connectivity index (χ0v) is 21.9. The summed E-state index contributed by atoms with van der Waals surface area (Å²) in [7, 11) is 0. The molecule has 3 aliphatic heterocycles. The molecule has 0 aliphatic carbocycles. The van der Waals surface area contributed by atoms with E-state index in [1.807, 2.05) is 30.3 Å². The summed E-state index contributed by atoms with van der Waals surface area (Å²) >= 11 is 7.61. The Morgan fingerprint density at radius 3 is 2.37 bits per heavy atom. The third kappa shape index (κ3) is 4.00. The molecule has 0 radical (unpaired) electrons. The molecular formula is C27H24ClN5O4S. The third-order valence-corrected chi connectivity index (χ3v) is 8.89. The summed E-state index contributed by atoms with van der Waals surface area (Å²) in [4.78, 5) is 44.6. The normalized spacial score (nSPS) is 21.4. The number of nitrogens with zero attached hydrogens (tertiary/aromatic N) is 5. The summed E-state index contributed by atoms with van der Waals surface area (Å²) in [5, 5.41) is 11.5. The standard InChI is InChI=1S/C27H24ClN5O4S/c28-19-4-3-5-22(16-19)32-25(34)17-38-27(32)23-6-1-2-7-24(23)31(26(27)35)18-29-12-14-30(15-13-29)20-8-10-21(11-9-20)33(36)37/h1-11,16H,12-15,17-18H2/t27-/m0/s1. The number of amides is 2. The van der Waals surface area contributed by atoms with Crippen molar-refractivity contribution in [2.75, 3.05) is 53.3 Å². The Morgan fingerprint density at radius 1 is 0.921 bits per heavy atom. The van der Waals surface area contributed by atoms with Crippen molar-refractivity contribution in [2.24, 2.45) is 0 Å². The second kappa shape index (κ2) is 9.61. The van der Waals surface area contributed by atoms with Gasteiger partial charge in [0.05, 0.1) is 23.0 Å². The first-order valence-electron chi connectivity index (χ1n) is 12.2. The molecule has 0 N–H and O–H groups in total. The Balaban J connectivity index is 1.24. The molecule has 11 heteroatoms. The van der Waals surface area contributed by atoms with Gasteiger partial charge in [-0.2, -0.15) is 0 Å². The monoisotopic (exact) mass is 549 g/mol. The number of hydrogen-bond acceptors (Lipinski definition) is 7. The summed E-state index contributed by atoms with van der Waals surface area (Å²) in [6.07, 6.45) is 0. The number of fused-ring (bicyclic) bond motifs is 2. The van der Waals surface area contributed by atoms with Crippen molar-refractivity contribution in [1.82, 2.24) is 4.90 Å². The highest BCUT2D eigenvalue weighted by molar-refractivity contribution is 8.02. The summed E-state index contributed by atoms with van der Waals surface area (Å²) < 4.78 is 0. The van der Waals surface area contributed by atoms with Crippen LogP contribution < -0.4 is 14.7 Å². The molecule has 38 heavy (non-hydrogen) atoms. The van der Waals surface area contributed by atoms with Gasteiger partial charge in [-0.25, -0.2) is 0 Å². The molecule has 3 aromatic carbocycles. The number of carbonyl (C=O) groups excluding carboxylic acids is 2. The Kier molecular flexibility index (Phi) is 6.25. The van der Waals surface area contributed by atoms with Crippen molar-refractivity contribution in [2.45, 2.75) is 4.87 Å². The van der Waals surface area contributed by atoms with Gasteiger partial charge in [0.2, 0.25) is 10.8 Å². The highest BCUT2D eigenvalue weighted by atomic mass is 35.5. The largest absolute Gasteiger partial charge is 0.369 e. The molecule has 3 heterocycles. The summed E-state index contributed by atoms with van der Waals surface area (Å²) in [5.41, 5.74) is 3.24. The molecule has 0 unspecified atom stereocenters. The SMILES string of the molecule is O=C1CS[C@@]2(C(=O)N(CN3CCN(c4ccc([N+](=O)[O-])cc4)CC3)c3ccccc32)N1c1cccc(Cl)c1. The topological polar surface area (TPSA) is 90.2 Å². The number of para-hydroxylation sites is 1. The zero-order chi connectivity index (χ0) is 26.4. The Bertz CT molecular complexity index is 1430. The Morgan fingerprint density at radius 2 is 1.66 bits per heavy atom. The number of anilines is 3. The fourth-order valence-electron chi connectivity index (χ4n) is 5.44. The van der Waals surface area contributed by atoms with Crippen molar-refractivity contribution >= 4 is 57.9 Å². The zero-order valence-electron chi connectivity index (χ0n) is 20.3. The van der Waals surface area contributed by atoms with Gasteiger partial charge in [-0.15, -0.1) is 11.8 Å². The number of rotatable bonds is 5. The quantitative estimate of drug-likeness (QED) is 0.346. The van der Waals surface area contributed by atoms with Crippen LogP contribution in [-0.4, -0.2) is 60.2 Å². The molecule has 194 valence electrons. The molecule has 6 rings (SSSR count). The third-order valence-electron chi connectivity index (χ3n) is 7.27. The van der Waals surface area contributed by atoms with E-state index in [1.165, 1.54) is 23.9 Å². The average molecular weight is 550 g/mol. The Labute approximate surface area is 228 Å². The van der Waals surface area contributed by atoms with E-state index in [0.717, 1.165) is 43.1 Å². The number of nitro benzene ring substituents is 1. The van der Waals surface area contributed by atoms with E-state index < -0.39 is 9.79 Å². The lowest BCUT2D eigenvalue weighted by Gasteiger charge is -2.38. The maximum atomic E-state index is 14.2. The minimum atomic E-state index is -1.17. The van der Waals surface area contributed by atoms with Crippen LogP contribution in [0.2, 0.25) is 5.02 Å². The first-order valence-corrected chi connectivity index (χ1v) is 13.6. The predicted molar refractivity (Wildman–Crippen MR) is 149 cm³/mol. The van der Waals surface area contributed by atoms with Gasteiger partial charge in [-0.05, 0) is 36.4 Å². The van der Waals surface area contributed by atoms with Gasteiger partial charge in [-0.1, -0.05) is 35.9 Å². The van der Waals surface area contributed by atoms with Crippen LogP contribution in [0.15, 0.2) is 72.8 Å². The summed E-state index contributed by atoms with van der Waals surface area (Å²) in [5.74, 6) is -0.0553.